The zero-order chi connectivity index (χ0) is 19.5. The van der Waals surface area contributed by atoms with Gasteiger partial charge in [0, 0.05) is 17.7 Å². The van der Waals surface area contributed by atoms with Gasteiger partial charge < -0.3 is 21.1 Å². The van der Waals surface area contributed by atoms with Crippen molar-refractivity contribution in [3.05, 3.63) is 66.0 Å². The Bertz CT molecular complexity index is 1120. The molecule has 0 unspecified atom stereocenters. The summed E-state index contributed by atoms with van der Waals surface area (Å²) in [5.74, 6) is 1.08. The van der Waals surface area contributed by atoms with Crippen molar-refractivity contribution in [3.63, 3.8) is 0 Å². The maximum atomic E-state index is 11.2. The third-order valence-corrected chi connectivity index (χ3v) is 4.37. The van der Waals surface area contributed by atoms with Crippen molar-refractivity contribution in [2.24, 2.45) is 5.73 Å². The zero-order valence-electron chi connectivity index (χ0n) is 14.9. The van der Waals surface area contributed by atoms with Crippen LogP contribution >= 0.6 is 0 Å². The molecule has 2 heterocycles. The maximum Gasteiger partial charge on any atom is 0.248 e. The number of nitrogens with zero attached hydrogens (tertiary/aromatic N) is 3. The molecule has 0 spiro atoms. The standard InChI is InChI=1S/C20H18N6O2/c21-17(28)13-3-5-14(6-4-13)18-25-16-19(23-11-24-20(16)26-18)22-10-9-12-1-7-15(27)8-2-12/h1-8,11,27H,9-10H2,(H2,21,28)(H2,22,23,24,25,26). The van der Waals surface area contributed by atoms with E-state index in [4.69, 9.17) is 5.73 Å². The molecular weight excluding hydrogens is 356 g/mol. The number of hydrogen-bond acceptors (Lipinski definition) is 6. The molecule has 0 radical (unpaired) electrons. The van der Waals surface area contributed by atoms with Crippen molar-refractivity contribution in [2.75, 3.05) is 11.9 Å². The van der Waals surface area contributed by atoms with Gasteiger partial charge in [0.2, 0.25) is 5.91 Å². The van der Waals surface area contributed by atoms with Crippen LogP contribution in [-0.4, -0.2) is 37.5 Å². The van der Waals surface area contributed by atoms with Crippen molar-refractivity contribution in [2.45, 2.75) is 6.42 Å². The predicted octanol–water partition coefficient (Wildman–Crippen LogP) is 2.48. The van der Waals surface area contributed by atoms with E-state index in [1.165, 1.54) is 6.33 Å². The van der Waals surface area contributed by atoms with E-state index in [1.54, 1.807) is 36.4 Å². The van der Waals surface area contributed by atoms with Crippen molar-refractivity contribution in [3.8, 4) is 17.1 Å². The number of benzene rings is 2. The fraction of sp³-hybridized carbons (Fsp3) is 0.100. The van der Waals surface area contributed by atoms with E-state index < -0.39 is 5.91 Å². The maximum absolute atomic E-state index is 11.2. The van der Waals surface area contributed by atoms with E-state index in [0.717, 1.165) is 17.5 Å². The molecule has 0 bridgehead atoms. The molecule has 4 rings (SSSR count). The summed E-state index contributed by atoms with van der Waals surface area (Å²) in [6.07, 6.45) is 2.24. The second-order valence-electron chi connectivity index (χ2n) is 6.29. The van der Waals surface area contributed by atoms with Gasteiger partial charge >= 0.3 is 0 Å². The van der Waals surface area contributed by atoms with Crippen molar-refractivity contribution in [1.82, 2.24) is 19.9 Å². The summed E-state index contributed by atoms with van der Waals surface area (Å²) in [6, 6.07) is 14.0. The number of imidazole rings is 1. The van der Waals surface area contributed by atoms with Gasteiger partial charge in [-0.05, 0) is 36.2 Å². The summed E-state index contributed by atoms with van der Waals surface area (Å²) in [4.78, 5) is 27.5. The molecule has 2 aromatic heterocycles. The van der Waals surface area contributed by atoms with E-state index in [-0.39, 0.29) is 5.75 Å². The van der Waals surface area contributed by atoms with Gasteiger partial charge in [-0.1, -0.05) is 24.3 Å². The smallest absolute Gasteiger partial charge is 0.248 e. The number of rotatable bonds is 6. The molecule has 8 nitrogen and oxygen atoms in total. The van der Waals surface area contributed by atoms with Crippen LogP contribution in [0, 0.1) is 0 Å². The number of carbonyl (C=O) groups excluding carboxylic acids is 1. The summed E-state index contributed by atoms with van der Waals surface area (Å²) in [7, 11) is 0. The van der Waals surface area contributed by atoms with Crippen LogP contribution in [0.15, 0.2) is 54.9 Å². The van der Waals surface area contributed by atoms with Crippen LogP contribution in [0.3, 0.4) is 0 Å². The Morgan fingerprint density at radius 3 is 2.54 bits per heavy atom. The summed E-state index contributed by atoms with van der Waals surface area (Å²) in [5, 5.41) is 12.6. The molecule has 0 saturated heterocycles. The van der Waals surface area contributed by atoms with Crippen molar-refractivity contribution in [1.29, 1.82) is 0 Å². The first-order valence-electron chi connectivity index (χ1n) is 8.73. The Morgan fingerprint density at radius 1 is 1.07 bits per heavy atom. The van der Waals surface area contributed by atoms with Crippen LogP contribution in [0.4, 0.5) is 5.82 Å². The lowest BCUT2D eigenvalue weighted by atomic mass is 10.1. The minimum Gasteiger partial charge on any atom is -0.508 e. The highest BCUT2D eigenvalue weighted by molar-refractivity contribution is 5.93. The molecule has 28 heavy (non-hydrogen) atoms. The number of phenols is 1. The van der Waals surface area contributed by atoms with Crippen LogP contribution in [-0.2, 0) is 6.42 Å². The molecular formula is C20H18N6O2. The van der Waals surface area contributed by atoms with Crippen LogP contribution in [0.1, 0.15) is 15.9 Å². The fourth-order valence-electron chi connectivity index (χ4n) is 2.88. The molecule has 4 aromatic rings. The van der Waals surface area contributed by atoms with E-state index in [2.05, 4.69) is 25.3 Å². The number of aromatic nitrogens is 4. The molecule has 1 amide bonds. The number of H-pyrrole nitrogens is 1. The molecule has 0 fully saturated rings. The fourth-order valence-corrected chi connectivity index (χ4v) is 2.88. The highest BCUT2D eigenvalue weighted by Gasteiger charge is 2.11. The second-order valence-corrected chi connectivity index (χ2v) is 6.29. The Labute approximate surface area is 160 Å². The summed E-state index contributed by atoms with van der Waals surface area (Å²) >= 11 is 0. The minimum absolute atomic E-state index is 0.253. The molecule has 0 aliphatic carbocycles. The first-order valence-corrected chi connectivity index (χ1v) is 8.73. The molecule has 2 aromatic carbocycles. The number of aromatic amines is 1. The monoisotopic (exact) mass is 374 g/mol. The van der Waals surface area contributed by atoms with Gasteiger partial charge in [0.05, 0.1) is 0 Å². The third kappa shape index (κ3) is 3.61. The molecule has 0 atom stereocenters. The normalized spacial score (nSPS) is 10.9. The van der Waals surface area contributed by atoms with Gasteiger partial charge in [-0.15, -0.1) is 0 Å². The van der Waals surface area contributed by atoms with Crippen molar-refractivity contribution >= 4 is 22.9 Å². The predicted molar refractivity (Wildman–Crippen MR) is 106 cm³/mol. The van der Waals surface area contributed by atoms with Crippen LogP contribution in [0.2, 0.25) is 0 Å². The largest absolute Gasteiger partial charge is 0.508 e. The van der Waals surface area contributed by atoms with Crippen LogP contribution in [0.5, 0.6) is 5.75 Å². The minimum atomic E-state index is -0.470. The molecule has 8 heteroatoms. The Morgan fingerprint density at radius 2 is 1.82 bits per heavy atom. The third-order valence-electron chi connectivity index (χ3n) is 4.37. The van der Waals surface area contributed by atoms with Crippen LogP contribution in [0.25, 0.3) is 22.6 Å². The number of nitrogens with one attached hydrogen (secondary N) is 2. The van der Waals surface area contributed by atoms with Gasteiger partial charge in [0.15, 0.2) is 11.5 Å². The van der Waals surface area contributed by atoms with Gasteiger partial charge in [-0.3, -0.25) is 4.79 Å². The molecule has 0 aliphatic rings. The second kappa shape index (κ2) is 7.36. The number of primary amides is 1. The summed E-state index contributed by atoms with van der Waals surface area (Å²) in [6.45, 7) is 0.665. The average Bonchev–Trinajstić information content (AvgIpc) is 3.15. The lowest BCUT2D eigenvalue weighted by Gasteiger charge is -2.06. The Kier molecular flexibility index (Phi) is 4.59. The molecule has 5 N–H and O–H groups in total. The number of carbonyl (C=O) groups is 1. The zero-order valence-corrected chi connectivity index (χ0v) is 14.9. The number of aromatic hydroxyl groups is 1. The topological polar surface area (TPSA) is 130 Å². The number of nitrogens with two attached hydrogens (primary N) is 1. The number of anilines is 1. The van der Waals surface area contributed by atoms with E-state index >= 15 is 0 Å². The molecule has 140 valence electrons. The number of hydrogen-bond donors (Lipinski definition) is 4. The summed E-state index contributed by atoms with van der Waals surface area (Å²) in [5.41, 5.74) is 8.91. The number of amides is 1. The lowest BCUT2D eigenvalue weighted by Crippen LogP contribution is -2.10. The highest BCUT2D eigenvalue weighted by atomic mass is 16.3. The SMILES string of the molecule is NC(=O)c1ccc(-c2nc3ncnc(NCCc4ccc(O)cc4)c3[nH]2)cc1. The van der Waals surface area contributed by atoms with Gasteiger partial charge in [-0.25, -0.2) is 15.0 Å². The van der Waals surface area contributed by atoms with E-state index in [0.29, 0.717) is 34.9 Å². The van der Waals surface area contributed by atoms with E-state index in [1.807, 2.05) is 12.1 Å². The first-order chi connectivity index (χ1) is 13.6. The Balaban J connectivity index is 1.53. The van der Waals surface area contributed by atoms with Crippen LogP contribution < -0.4 is 11.1 Å². The molecule has 0 saturated carbocycles. The summed E-state index contributed by atoms with van der Waals surface area (Å²) < 4.78 is 0. The first kappa shape index (κ1) is 17.5. The van der Waals surface area contributed by atoms with Gasteiger partial charge in [0.25, 0.3) is 0 Å². The average molecular weight is 374 g/mol. The van der Waals surface area contributed by atoms with Crippen molar-refractivity contribution < 1.29 is 9.90 Å². The van der Waals surface area contributed by atoms with E-state index in [9.17, 15) is 9.90 Å². The molecule has 0 aliphatic heterocycles. The van der Waals surface area contributed by atoms with Gasteiger partial charge in [-0.2, -0.15) is 0 Å². The Hall–Kier alpha value is -3.94. The highest BCUT2D eigenvalue weighted by Crippen LogP contribution is 2.23. The number of phenolic OH excluding ortho intramolecular Hbond substituents is 1. The van der Waals surface area contributed by atoms with Gasteiger partial charge in [0.1, 0.15) is 23.4 Å². The number of fused-ring (bicyclic) bond motifs is 1. The lowest BCUT2D eigenvalue weighted by molar-refractivity contribution is 0.100. The quantitative estimate of drug-likeness (QED) is 0.410.